The zero-order chi connectivity index (χ0) is 17.2. The van der Waals surface area contributed by atoms with E-state index in [0.717, 1.165) is 18.4 Å². The Balaban J connectivity index is 1.73. The SMILES string of the molecule is O=[N+]([O-])c1ccc(CS(=O)(=O)N[C@@H](c2cccnc2)C2CC2)cc1. The molecule has 1 aromatic carbocycles. The van der Waals surface area contributed by atoms with Gasteiger partial charge in [0, 0.05) is 24.5 Å². The molecule has 0 saturated heterocycles. The third-order valence-electron chi connectivity index (χ3n) is 3.95. The number of hydrogen-bond acceptors (Lipinski definition) is 5. The number of rotatable bonds is 7. The fourth-order valence-corrected chi connectivity index (χ4v) is 4.02. The molecule has 0 unspecified atom stereocenters. The van der Waals surface area contributed by atoms with Gasteiger partial charge in [0.2, 0.25) is 10.0 Å². The minimum Gasteiger partial charge on any atom is -0.264 e. The molecular formula is C16H17N3O4S. The molecule has 0 spiro atoms. The number of benzene rings is 1. The van der Waals surface area contributed by atoms with E-state index >= 15 is 0 Å². The van der Waals surface area contributed by atoms with Gasteiger partial charge in [0.15, 0.2) is 0 Å². The van der Waals surface area contributed by atoms with E-state index in [9.17, 15) is 18.5 Å². The van der Waals surface area contributed by atoms with E-state index in [-0.39, 0.29) is 17.5 Å². The van der Waals surface area contributed by atoms with Crippen LogP contribution < -0.4 is 4.72 Å². The van der Waals surface area contributed by atoms with Crippen molar-refractivity contribution in [2.45, 2.75) is 24.6 Å². The Labute approximate surface area is 139 Å². The summed E-state index contributed by atoms with van der Waals surface area (Å²) in [6.45, 7) is 0. The summed E-state index contributed by atoms with van der Waals surface area (Å²) >= 11 is 0. The number of sulfonamides is 1. The number of nitrogens with zero attached hydrogens (tertiary/aromatic N) is 2. The number of non-ortho nitro benzene ring substituents is 1. The molecule has 126 valence electrons. The maximum atomic E-state index is 12.5. The lowest BCUT2D eigenvalue weighted by molar-refractivity contribution is -0.384. The van der Waals surface area contributed by atoms with Crippen molar-refractivity contribution in [1.29, 1.82) is 0 Å². The van der Waals surface area contributed by atoms with Gasteiger partial charge in [-0.05, 0) is 36.0 Å². The van der Waals surface area contributed by atoms with Gasteiger partial charge in [0.1, 0.15) is 0 Å². The van der Waals surface area contributed by atoms with Crippen LogP contribution in [0, 0.1) is 16.0 Å². The molecule has 1 N–H and O–H groups in total. The van der Waals surface area contributed by atoms with Crippen LogP contribution in [0.25, 0.3) is 0 Å². The molecule has 8 heteroatoms. The lowest BCUT2D eigenvalue weighted by Crippen LogP contribution is -2.31. The molecular weight excluding hydrogens is 330 g/mol. The number of pyridine rings is 1. The smallest absolute Gasteiger partial charge is 0.264 e. The summed E-state index contributed by atoms with van der Waals surface area (Å²) in [6, 6.07) is 8.93. The predicted molar refractivity (Wildman–Crippen MR) is 88.6 cm³/mol. The first kappa shape index (κ1) is 16.5. The fraction of sp³-hybridized carbons (Fsp3) is 0.312. The molecule has 1 fully saturated rings. The Kier molecular flexibility index (Phi) is 4.59. The first-order valence-corrected chi connectivity index (χ1v) is 9.23. The summed E-state index contributed by atoms with van der Waals surface area (Å²) in [4.78, 5) is 14.2. The van der Waals surface area contributed by atoms with Crippen LogP contribution in [0.2, 0.25) is 0 Å². The van der Waals surface area contributed by atoms with Crippen molar-refractivity contribution in [2.24, 2.45) is 5.92 Å². The Morgan fingerprint density at radius 2 is 1.96 bits per heavy atom. The molecule has 24 heavy (non-hydrogen) atoms. The normalized spacial score (nSPS) is 15.8. The maximum Gasteiger partial charge on any atom is 0.269 e. The maximum absolute atomic E-state index is 12.5. The van der Waals surface area contributed by atoms with Crippen molar-refractivity contribution in [2.75, 3.05) is 0 Å². The largest absolute Gasteiger partial charge is 0.269 e. The average Bonchev–Trinajstić information content (AvgIpc) is 3.38. The van der Waals surface area contributed by atoms with Gasteiger partial charge >= 0.3 is 0 Å². The number of nitro benzene ring substituents is 1. The van der Waals surface area contributed by atoms with Crippen molar-refractivity contribution >= 4 is 15.7 Å². The first-order chi connectivity index (χ1) is 11.4. The number of nitrogens with one attached hydrogen (secondary N) is 1. The molecule has 1 atom stereocenters. The van der Waals surface area contributed by atoms with Crippen LogP contribution in [0.4, 0.5) is 5.69 Å². The van der Waals surface area contributed by atoms with E-state index < -0.39 is 14.9 Å². The van der Waals surface area contributed by atoms with E-state index in [0.29, 0.717) is 11.5 Å². The fourth-order valence-electron chi connectivity index (χ4n) is 2.59. The van der Waals surface area contributed by atoms with Crippen LogP contribution in [0.15, 0.2) is 48.8 Å². The molecule has 1 aliphatic carbocycles. The molecule has 0 bridgehead atoms. The molecule has 2 aromatic rings. The Hall–Kier alpha value is -2.32. The highest BCUT2D eigenvalue weighted by Gasteiger charge is 2.35. The van der Waals surface area contributed by atoms with E-state index in [1.807, 2.05) is 6.07 Å². The monoisotopic (exact) mass is 347 g/mol. The minimum absolute atomic E-state index is 0.0599. The van der Waals surface area contributed by atoms with Gasteiger partial charge in [0.05, 0.1) is 16.7 Å². The lowest BCUT2D eigenvalue weighted by Gasteiger charge is -2.18. The predicted octanol–water partition coefficient (Wildman–Crippen LogP) is 2.56. The second-order valence-corrected chi connectivity index (χ2v) is 7.66. The summed E-state index contributed by atoms with van der Waals surface area (Å²) < 4.78 is 27.7. The average molecular weight is 347 g/mol. The van der Waals surface area contributed by atoms with Gasteiger partial charge in [-0.2, -0.15) is 0 Å². The van der Waals surface area contributed by atoms with Crippen LogP contribution in [0.5, 0.6) is 0 Å². The molecule has 1 aromatic heterocycles. The van der Waals surface area contributed by atoms with E-state index in [1.165, 1.54) is 24.3 Å². The molecule has 7 nitrogen and oxygen atoms in total. The van der Waals surface area contributed by atoms with Crippen LogP contribution in [-0.4, -0.2) is 18.3 Å². The molecule has 1 aliphatic rings. The van der Waals surface area contributed by atoms with Crippen LogP contribution in [-0.2, 0) is 15.8 Å². The summed E-state index contributed by atoms with van der Waals surface area (Å²) in [6.07, 6.45) is 5.30. The van der Waals surface area contributed by atoms with Crippen molar-refractivity contribution < 1.29 is 13.3 Å². The topological polar surface area (TPSA) is 102 Å². The molecule has 0 aliphatic heterocycles. The van der Waals surface area contributed by atoms with Gasteiger partial charge in [-0.3, -0.25) is 15.1 Å². The van der Waals surface area contributed by atoms with Crippen molar-refractivity contribution in [1.82, 2.24) is 9.71 Å². The Morgan fingerprint density at radius 3 is 2.50 bits per heavy atom. The Bertz CT molecular complexity index is 818. The zero-order valence-electron chi connectivity index (χ0n) is 12.8. The van der Waals surface area contributed by atoms with Crippen LogP contribution in [0.1, 0.15) is 30.0 Å². The van der Waals surface area contributed by atoms with Crippen molar-refractivity contribution in [3.63, 3.8) is 0 Å². The summed E-state index contributed by atoms with van der Waals surface area (Å²) in [7, 11) is -3.57. The summed E-state index contributed by atoms with van der Waals surface area (Å²) in [5.74, 6) is 0.0786. The standard InChI is InChI=1S/C16H17N3O4S/c20-19(21)15-7-3-12(4-8-15)11-24(22,23)18-16(13-5-6-13)14-2-1-9-17-10-14/h1-4,7-10,13,16,18H,5-6,11H2/t16-/m1/s1. The van der Waals surface area contributed by atoms with Crippen LogP contribution >= 0.6 is 0 Å². The third kappa shape index (κ3) is 4.15. The second-order valence-electron chi connectivity index (χ2n) is 5.90. The highest BCUT2D eigenvalue weighted by Crippen LogP contribution is 2.41. The minimum atomic E-state index is -3.57. The van der Waals surface area contributed by atoms with E-state index in [4.69, 9.17) is 0 Å². The van der Waals surface area contributed by atoms with Gasteiger partial charge < -0.3 is 0 Å². The van der Waals surface area contributed by atoms with Crippen molar-refractivity contribution in [3.8, 4) is 0 Å². The third-order valence-corrected chi connectivity index (χ3v) is 5.27. The highest BCUT2D eigenvalue weighted by molar-refractivity contribution is 7.88. The van der Waals surface area contributed by atoms with E-state index in [1.54, 1.807) is 18.5 Å². The number of nitro groups is 1. The molecule has 0 amide bonds. The van der Waals surface area contributed by atoms with Gasteiger partial charge in [-0.25, -0.2) is 13.1 Å². The van der Waals surface area contributed by atoms with E-state index in [2.05, 4.69) is 9.71 Å². The molecule has 1 heterocycles. The Morgan fingerprint density at radius 1 is 1.25 bits per heavy atom. The van der Waals surface area contributed by atoms with Crippen LogP contribution in [0.3, 0.4) is 0 Å². The van der Waals surface area contributed by atoms with Gasteiger partial charge in [-0.1, -0.05) is 18.2 Å². The second kappa shape index (κ2) is 6.66. The molecule has 0 radical (unpaired) electrons. The number of hydrogen-bond donors (Lipinski definition) is 1. The summed E-state index contributed by atoms with van der Waals surface area (Å²) in [5, 5.41) is 10.7. The lowest BCUT2D eigenvalue weighted by atomic mass is 10.1. The number of aromatic nitrogens is 1. The van der Waals surface area contributed by atoms with Gasteiger partial charge in [0.25, 0.3) is 5.69 Å². The van der Waals surface area contributed by atoms with Gasteiger partial charge in [-0.15, -0.1) is 0 Å². The quantitative estimate of drug-likeness (QED) is 0.612. The highest BCUT2D eigenvalue weighted by atomic mass is 32.2. The van der Waals surface area contributed by atoms with Crippen molar-refractivity contribution in [3.05, 3.63) is 70.0 Å². The zero-order valence-corrected chi connectivity index (χ0v) is 13.6. The molecule has 3 rings (SSSR count). The summed E-state index contributed by atoms with van der Waals surface area (Å²) in [5.41, 5.74) is 1.30. The first-order valence-electron chi connectivity index (χ1n) is 7.58. The molecule has 1 saturated carbocycles.